The summed E-state index contributed by atoms with van der Waals surface area (Å²) < 4.78 is 31.8. The topological polar surface area (TPSA) is 71.9 Å². The van der Waals surface area contributed by atoms with Crippen molar-refractivity contribution in [3.05, 3.63) is 40.4 Å². The van der Waals surface area contributed by atoms with Gasteiger partial charge in [0.15, 0.2) is 4.77 Å². The predicted molar refractivity (Wildman–Crippen MR) is 95.7 cm³/mol. The van der Waals surface area contributed by atoms with E-state index in [2.05, 4.69) is 20.3 Å². The van der Waals surface area contributed by atoms with E-state index in [9.17, 15) is 13.6 Å². The van der Waals surface area contributed by atoms with Gasteiger partial charge in [-0.2, -0.15) is 13.9 Å². The lowest BCUT2D eigenvalue weighted by atomic mass is 10.0. The molecule has 2 rings (SSSR count). The van der Waals surface area contributed by atoms with Crippen LogP contribution in [0.25, 0.3) is 0 Å². The van der Waals surface area contributed by atoms with Crippen LogP contribution in [0, 0.1) is 4.77 Å². The fraction of sp³-hybridized carbons (Fsp3) is 0.471. The molecule has 2 N–H and O–H groups in total. The van der Waals surface area contributed by atoms with Crippen molar-refractivity contribution in [3.63, 3.8) is 0 Å². The Kier molecular flexibility index (Phi) is 7.26. The Labute approximate surface area is 155 Å². The minimum absolute atomic E-state index is 0.0129. The molecular formula is C17H22F2N4O2S. The second-order valence-corrected chi connectivity index (χ2v) is 6.11. The van der Waals surface area contributed by atoms with E-state index in [-0.39, 0.29) is 18.2 Å². The number of nitrogens with one attached hydrogen (secondary N) is 2. The highest BCUT2D eigenvalue weighted by molar-refractivity contribution is 7.71. The first-order chi connectivity index (χ1) is 12.5. The number of aromatic nitrogens is 3. The zero-order chi connectivity index (χ0) is 19.1. The minimum Gasteiger partial charge on any atom is -0.434 e. The van der Waals surface area contributed by atoms with E-state index in [1.54, 1.807) is 22.8 Å². The van der Waals surface area contributed by atoms with Crippen LogP contribution in [0.4, 0.5) is 8.78 Å². The molecule has 0 saturated carbocycles. The van der Waals surface area contributed by atoms with Gasteiger partial charge in [-0.05, 0) is 31.1 Å². The van der Waals surface area contributed by atoms with Gasteiger partial charge in [0.1, 0.15) is 18.1 Å². The number of alkyl halides is 2. The predicted octanol–water partition coefficient (Wildman–Crippen LogP) is 3.76. The fourth-order valence-electron chi connectivity index (χ4n) is 2.68. The summed E-state index contributed by atoms with van der Waals surface area (Å²) in [5, 5.41) is 9.67. The smallest absolute Gasteiger partial charge is 0.387 e. The van der Waals surface area contributed by atoms with Crippen LogP contribution in [0.15, 0.2) is 24.3 Å². The van der Waals surface area contributed by atoms with Crippen molar-refractivity contribution >= 4 is 18.1 Å². The number of carbonyl (C=O) groups is 1. The molecule has 0 spiro atoms. The summed E-state index contributed by atoms with van der Waals surface area (Å²) in [5.74, 6) is 0.488. The maximum absolute atomic E-state index is 12.6. The monoisotopic (exact) mass is 384 g/mol. The van der Waals surface area contributed by atoms with Crippen LogP contribution in [-0.2, 0) is 17.8 Å². The Morgan fingerprint density at radius 2 is 2.12 bits per heavy atom. The molecule has 1 unspecified atom stereocenters. The summed E-state index contributed by atoms with van der Waals surface area (Å²) in [5.41, 5.74) is 0.508. The summed E-state index contributed by atoms with van der Waals surface area (Å²) in [4.78, 5) is 12.5. The lowest BCUT2D eigenvalue weighted by molar-refractivity contribution is -0.122. The van der Waals surface area contributed by atoms with Crippen molar-refractivity contribution < 1.29 is 18.3 Å². The number of hydrogen-bond acceptors (Lipinski definition) is 4. The van der Waals surface area contributed by atoms with Gasteiger partial charge in [-0.25, -0.2) is 0 Å². The first kappa shape index (κ1) is 20.0. The van der Waals surface area contributed by atoms with Crippen LogP contribution in [0.5, 0.6) is 5.75 Å². The van der Waals surface area contributed by atoms with Crippen molar-refractivity contribution in [3.8, 4) is 5.75 Å². The number of ether oxygens (including phenoxy) is 1. The largest absolute Gasteiger partial charge is 0.434 e. The molecule has 1 heterocycles. The molecule has 0 aliphatic rings. The van der Waals surface area contributed by atoms with E-state index in [0.717, 1.165) is 6.42 Å². The van der Waals surface area contributed by atoms with Crippen molar-refractivity contribution in [1.29, 1.82) is 0 Å². The van der Waals surface area contributed by atoms with Gasteiger partial charge in [-0.3, -0.25) is 14.5 Å². The SMILES string of the molecule is CCCc1n[nH]c(=S)n1CC(=O)NC(CC)c1ccccc1OC(F)F. The number of halogens is 2. The summed E-state index contributed by atoms with van der Waals surface area (Å²) in [7, 11) is 0. The average Bonchev–Trinajstić information content (AvgIpc) is 2.93. The average molecular weight is 384 g/mol. The van der Waals surface area contributed by atoms with Crippen LogP contribution in [-0.4, -0.2) is 27.3 Å². The summed E-state index contributed by atoms with van der Waals surface area (Å²) in [6.07, 6.45) is 2.09. The zero-order valence-corrected chi connectivity index (χ0v) is 15.5. The van der Waals surface area contributed by atoms with Crippen LogP contribution < -0.4 is 10.1 Å². The molecule has 1 aromatic carbocycles. The van der Waals surface area contributed by atoms with Crippen LogP contribution in [0.1, 0.15) is 44.1 Å². The van der Waals surface area contributed by atoms with E-state index in [1.165, 1.54) is 6.07 Å². The van der Waals surface area contributed by atoms with Crippen LogP contribution >= 0.6 is 12.2 Å². The molecule has 0 fully saturated rings. The number of carbonyl (C=O) groups excluding carboxylic acids is 1. The Balaban J connectivity index is 2.15. The van der Waals surface area contributed by atoms with Gasteiger partial charge in [0.05, 0.1) is 6.04 Å². The van der Waals surface area contributed by atoms with Gasteiger partial charge in [-0.15, -0.1) is 0 Å². The molecule has 26 heavy (non-hydrogen) atoms. The highest BCUT2D eigenvalue weighted by Gasteiger charge is 2.19. The Morgan fingerprint density at radius 3 is 2.77 bits per heavy atom. The summed E-state index contributed by atoms with van der Waals surface area (Å²) in [6, 6.07) is 6.00. The minimum atomic E-state index is -2.93. The van der Waals surface area contributed by atoms with Crippen LogP contribution in [0.3, 0.4) is 0 Å². The van der Waals surface area contributed by atoms with Crippen LogP contribution in [0.2, 0.25) is 0 Å². The molecule has 9 heteroatoms. The highest BCUT2D eigenvalue weighted by Crippen LogP contribution is 2.28. The molecule has 0 radical (unpaired) electrons. The lowest BCUT2D eigenvalue weighted by Crippen LogP contribution is -2.32. The Morgan fingerprint density at radius 1 is 1.38 bits per heavy atom. The van der Waals surface area contributed by atoms with E-state index >= 15 is 0 Å². The Hall–Kier alpha value is -2.29. The molecular weight excluding hydrogens is 362 g/mol. The number of benzene rings is 1. The van der Waals surface area contributed by atoms with Crippen molar-refractivity contribution in [2.45, 2.75) is 52.3 Å². The number of amides is 1. The quantitative estimate of drug-likeness (QED) is 0.646. The van der Waals surface area contributed by atoms with Gasteiger partial charge < -0.3 is 10.1 Å². The second-order valence-electron chi connectivity index (χ2n) is 5.73. The fourth-order valence-corrected chi connectivity index (χ4v) is 2.90. The third-order valence-corrected chi connectivity index (χ3v) is 4.18. The second kappa shape index (κ2) is 9.42. The number of hydrogen-bond donors (Lipinski definition) is 2. The maximum atomic E-state index is 12.6. The van der Waals surface area contributed by atoms with Gasteiger partial charge in [0.25, 0.3) is 0 Å². The molecule has 0 aliphatic heterocycles. The van der Waals surface area contributed by atoms with Crippen molar-refractivity contribution in [2.24, 2.45) is 0 Å². The molecule has 0 saturated heterocycles. The van der Waals surface area contributed by atoms with Crippen molar-refractivity contribution in [1.82, 2.24) is 20.1 Å². The molecule has 6 nitrogen and oxygen atoms in total. The standard InChI is InChI=1S/C17H22F2N4O2S/c1-3-7-14-21-22-17(26)23(14)10-15(24)20-12(4-2)11-8-5-6-9-13(11)25-16(18)19/h5-6,8-9,12,16H,3-4,7,10H2,1-2H3,(H,20,24)(H,22,26). The van der Waals surface area contributed by atoms with Gasteiger partial charge >= 0.3 is 6.61 Å². The number of para-hydroxylation sites is 1. The number of aromatic amines is 1. The normalized spacial score (nSPS) is 12.2. The number of aryl methyl sites for hydroxylation is 1. The highest BCUT2D eigenvalue weighted by atomic mass is 32.1. The molecule has 2 aromatic rings. The number of H-pyrrole nitrogens is 1. The third kappa shape index (κ3) is 5.10. The molecule has 1 amide bonds. The summed E-state index contributed by atoms with van der Waals surface area (Å²) >= 11 is 5.17. The van der Waals surface area contributed by atoms with E-state index in [0.29, 0.717) is 29.0 Å². The molecule has 1 atom stereocenters. The van der Waals surface area contributed by atoms with Gasteiger partial charge in [0.2, 0.25) is 5.91 Å². The molecule has 142 valence electrons. The number of rotatable bonds is 9. The van der Waals surface area contributed by atoms with Gasteiger partial charge in [-0.1, -0.05) is 32.0 Å². The molecule has 1 aromatic heterocycles. The van der Waals surface area contributed by atoms with E-state index in [1.807, 2.05) is 13.8 Å². The van der Waals surface area contributed by atoms with Gasteiger partial charge in [0, 0.05) is 12.0 Å². The zero-order valence-electron chi connectivity index (χ0n) is 14.7. The molecule has 0 aliphatic carbocycles. The van der Waals surface area contributed by atoms with Crippen molar-refractivity contribution in [2.75, 3.05) is 0 Å². The first-order valence-electron chi connectivity index (χ1n) is 8.43. The van der Waals surface area contributed by atoms with E-state index < -0.39 is 12.7 Å². The molecule has 0 bridgehead atoms. The third-order valence-electron chi connectivity index (χ3n) is 3.87. The van der Waals surface area contributed by atoms with E-state index in [4.69, 9.17) is 12.2 Å². The maximum Gasteiger partial charge on any atom is 0.387 e. The first-order valence-corrected chi connectivity index (χ1v) is 8.84. The Bertz CT molecular complexity index is 791. The summed E-state index contributed by atoms with van der Waals surface area (Å²) in [6.45, 7) is 0.954. The lowest BCUT2D eigenvalue weighted by Gasteiger charge is -2.20. The number of nitrogens with zero attached hydrogens (tertiary/aromatic N) is 2.